The maximum Gasteiger partial charge on any atom is 0.416 e. The van der Waals surface area contributed by atoms with Gasteiger partial charge in [-0.3, -0.25) is 4.79 Å². The quantitative estimate of drug-likeness (QED) is 0.768. The number of ether oxygens (including phenoxy) is 2. The van der Waals surface area contributed by atoms with E-state index in [-0.39, 0.29) is 24.8 Å². The Hall–Kier alpha value is -2.74. The van der Waals surface area contributed by atoms with Crippen LogP contribution in [0.15, 0.2) is 42.5 Å². The molecule has 0 spiro atoms. The number of hydrogen-bond acceptors (Lipinski definition) is 4. The molecule has 2 N–H and O–H groups in total. The fraction of sp³-hybridized carbons (Fsp3) is 0.278. The molecule has 138 valence electrons. The second kappa shape index (κ2) is 7.65. The molecule has 5 nitrogen and oxygen atoms in total. The second-order valence-electron chi connectivity index (χ2n) is 5.74. The highest BCUT2D eigenvalue weighted by atomic mass is 19.4. The number of carbonyl (C=O) groups is 1. The monoisotopic (exact) mass is 366 g/mol. The SMILES string of the molecule is O=C(CCNCc1ccc2c(c1)OCO2)Nc1cccc(C(F)(F)F)c1. The molecule has 1 amide bonds. The van der Waals surface area contributed by atoms with Crippen LogP contribution in [-0.4, -0.2) is 19.2 Å². The summed E-state index contributed by atoms with van der Waals surface area (Å²) >= 11 is 0. The fourth-order valence-corrected chi connectivity index (χ4v) is 2.48. The summed E-state index contributed by atoms with van der Waals surface area (Å²) in [5, 5.41) is 5.58. The van der Waals surface area contributed by atoms with Gasteiger partial charge in [0.05, 0.1) is 5.56 Å². The van der Waals surface area contributed by atoms with Crippen molar-refractivity contribution in [3.63, 3.8) is 0 Å². The van der Waals surface area contributed by atoms with Gasteiger partial charge in [-0.2, -0.15) is 13.2 Å². The summed E-state index contributed by atoms with van der Waals surface area (Å²) in [6.07, 6.45) is -4.30. The smallest absolute Gasteiger partial charge is 0.416 e. The third-order valence-electron chi connectivity index (χ3n) is 3.77. The van der Waals surface area contributed by atoms with E-state index >= 15 is 0 Å². The van der Waals surface area contributed by atoms with Gasteiger partial charge < -0.3 is 20.1 Å². The highest BCUT2D eigenvalue weighted by Crippen LogP contribution is 2.32. The third-order valence-corrected chi connectivity index (χ3v) is 3.77. The molecule has 1 heterocycles. The molecule has 0 atom stereocenters. The van der Waals surface area contributed by atoms with Gasteiger partial charge in [0.25, 0.3) is 0 Å². The number of alkyl halides is 3. The highest BCUT2D eigenvalue weighted by Gasteiger charge is 2.30. The van der Waals surface area contributed by atoms with E-state index in [1.807, 2.05) is 18.2 Å². The topological polar surface area (TPSA) is 59.6 Å². The average molecular weight is 366 g/mol. The summed E-state index contributed by atoms with van der Waals surface area (Å²) in [6, 6.07) is 10.1. The molecule has 1 aliphatic heterocycles. The third kappa shape index (κ3) is 4.66. The Kier molecular flexibility index (Phi) is 5.32. The fourth-order valence-electron chi connectivity index (χ4n) is 2.48. The van der Waals surface area contributed by atoms with Gasteiger partial charge in [-0.25, -0.2) is 0 Å². The Labute approximate surface area is 148 Å². The number of amides is 1. The minimum absolute atomic E-state index is 0.126. The lowest BCUT2D eigenvalue weighted by molar-refractivity contribution is -0.137. The molecule has 3 rings (SSSR count). The van der Waals surface area contributed by atoms with Crippen molar-refractivity contribution >= 4 is 11.6 Å². The van der Waals surface area contributed by atoms with Gasteiger partial charge in [-0.15, -0.1) is 0 Å². The van der Waals surface area contributed by atoms with E-state index in [2.05, 4.69) is 10.6 Å². The molecule has 2 aromatic rings. The van der Waals surface area contributed by atoms with Gasteiger partial charge >= 0.3 is 6.18 Å². The lowest BCUT2D eigenvalue weighted by Gasteiger charge is -2.10. The molecule has 0 saturated carbocycles. The van der Waals surface area contributed by atoms with Crippen LogP contribution >= 0.6 is 0 Å². The van der Waals surface area contributed by atoms with Gasteiger partial charge in [0.1, 0.15) is 0 Å². The lowest BCUT2D eigenvalue weighted by Crippen LogP contribution is -2.21. The van der Waals surface area contributed by atoms with Crippen LogP contribution in [0, 0.1) is 0 Å². The van der Waals surface area contributed by atoms with Crippen molar-refractivity contribution in [3.8, 4) is 11.5 Å². The molecule has 26 heavy (non-hydrogen) atoms. The maximum absolute atomic E-state index is 12.7. The number of carbonyl (C=O) groups excluding carboxylic acids is 1. The second-order valence-corrected chi connectivity index (χ2v) is 5.74. The van der Waals surface area contributed by atoms with Crippen LogP contribution in [0.5, 0.6) is 11.5 Å². The molecular formula is C18H17F3N2O3. The Balaban J connectivity index is 1.43. The first kappa shape index (κ1) is 18.1. The van der Waals surface area contributed by atoms with Crippen molar-refractivity contribution in [1.82, 2.24) is 5.32 Å². The molecule has 0 aliphatic carbocycles. The van der Waals surface area contributed by atoms with Crippen molar-refractivity contribution in [1.29, 1.82) is 0 Å². The number of hydrogen-bond donors (Lipinski definition) is 2. The largest absolute Gasteiger partial charge is 0.454 e. The predicted octanol–water partition coefficient (Wildman–Crippen LogP) is 3.55. The van der Waals surface area contributed by atoms with Crippen LogP contribution < -0.4 is 20.1 Å². The summed E-state index contributed by atoms with van der Waals surface area (Å²) in [6.45, 7) is 1.13. The van der Waals surface area contributed by atoms with Crippen molar-refractivity contribution in [2.45, 2.75) is 19.1 Å². The standard InChI is InChI=1S/C18H17F3N2O3/c19-18(20,21)13-2-1-3-14(9-13)23-17(24)6-7-22-10-12-4-5-15-16(8-12)26-11-25-15/h1-5,8-9,22H,6-7,10-11H2,(H,23,24). The first-order valence-corrected chi connectivity index (χ1v) is 7.98. The van der Waals surface area contributed by atoms with E-state index in [0.29, 0.717) is 24.6 Å². The van der Waals surface area contributed by atoms with E-state index in [0.717, 1.165) is 17.7 Å². The maximum atomic E-state index is 12.7. The van der Waals surface area contributed by atoms with Crippen molar-refractivity contribution in [2.24, 2.45) is 0 Å². The predicted molar refractivity (Wildman–Crippen MR) is 89.0 cm³/mol. The van der Waals surface area contributed by atoms with Crippen molar-refractivity contribution in [2.75, 3.05) is 18.7 Å². The van der Waals surface area contributed by atoms with E-state index < -0.39 is 11.7 Å². The number of halogens is 3. The van der Waals surface area contributed by atoms with Crippen LogP contribution in [0.3, 0.4) is 0 Å². The first-order valence-electron chi connectivity index (χ1n) is 7.98. The molecular weight excluding hydrogens is 349 g/mol. The Morgan fingerprint density at radius 1 is 1.08 bits per heavy atom. The molecule has 0 aromatic heterocycles. The van der Waals surface area contributed by atoms with Crippen LogP contribution in [0.2, 0.25) is 0 Å². The first-order chi connectivity index (χ1) is 12.4. The molecule has 0 radical (unpaired) electrons. The average Bonchev–Trinajstić information content (AvgIpc) is 3.06. The Bertz CT molecular complexity index is 793. The molecule has 8 heteroatoms. The minimum Gasteiger partial charge on any atom is -0.454 e. The number of benzene rings is 2. The van der Waals surface area contributed by atoms with E-state index in [1.165, 1.54) is 12.1 Å². The molecule has 0 unspecified atom stereocenters. The van der Waals surface area contributed by atoms with E-state index in [1.54, 1.807) is 0 Å². The molecule has 0 bridgehead atoms. The lowest BCUT2D eigenvalue weighted by atomic mass is 10.2. The van der Waals surface area contributed by atoms with Crippen LogP contribution in [-0.2, 0) is 17.5 Å². The van der Waals surface area contributed by atoms with Gasteiger partial charge in [0, 0.05) is 25.2 Å². The van der Waals surface area contributed by atoms with Crippen LogP contribution in [0.1, 0.15) is 17.5 Å². The molecule has 0 saturated heterocycles. The van der Waals surface area contributed by atoms with Gasteiger partial charge in [-0.05, 0) is 35.9 Å². The number of rotatable bonds is 6. The van der Waals surface area contributed by atoms with Crippen molar-refractivity contribution < 1.29 is 27.4 Å². The van der Waals surface area contributed by atoms with Gasteiger partial charge in [0.2, 0.25) is 12.7 Å². The summed E-state index contributed by atoms with van der Waals surface area (Å²) in [5.74, 6) is 1.03. The van der Waals surface area contributed by atoms with Gasteiger partial charge in [-0.1, -0.05) is 12.1 Å². The van der Waals surface area contributed by atoms with Crippen LogP contribution in [0.4, 0.5) is 18.9 Å². The Morgan fingerprint density at radius 2 is 1.88 bits per heavy atom. The normalized spacial score (nSPS) is 12.9. The van der Waals surface area contributed by atoms with Crippen molar-refractivity contribution in [3.05, 3.63) is 53.6 Å². The zero-order valence-corrected chi connectivity index (χ0v) is 13.7. The summed E-state index contributed by atoms with van der Waals surface area (Å²) < 4.78 is 48.5. The molecule has 1 aliphatic rings. The van der Waals surface area contributed by atoms with E-state index in [9.17, 15) is 18.0 Å². The van der Waals surface area contributed by atoms with Gasteiger partial charge in [0.15, 0.2) is 11.5 Å². The number of anilines is 1. The summed E-state index contributed by atoms with van der Waals surface area (Å²) in [4.78, 5) is 11.9. The zero-order chi connectivity index (χ0) is 18.6. The summed E-state index contributed by atoms with van der Waals surface area (Å²) in [5.41, 5.74) is 0.310. The highest BCUT2D eigenvalue weighted by molar-refractivity contribution is 5.90. The van der Waals surface area contributed by atoms with Crippen LogP contribution in [0.25, 0.3) is 0 Å². The Morgan fingerprint density at radius 3 is 2.69 bits per heavy atom. The minimum atomic E-state index is -4.44. The molecule has 2 aromatic carbocycles. The number of fused-ring (bicyclic) bond motifs is 1. The number of nitrogens with one attached hydrogen (secondary N) is 2. The molecule has 0 fully saturated rings. The zero-order valence-electron chi connectivity index (χ0n) is 13.7. The van der Waals surface area contributed by atoms with E-state index in [4.69, 9.17) is 9.47 Å². The summed E-state index contributed by atoms with van der Waals surface area (Å²) in [7, 11) is 0.